The van der Waals surface area contributed by atoms with Crippen LogP contribution in [0.25, 0.3) is 0 Å². The summed E-state index contributed by atoms with van der Waals surface area (Å²) in [7, 11) is 0. The van der Waals surface area contributed by atoms with E-state index in [0.717, 1.165) is 13.0 Å². The molecule has 110 valence electrons. The molecule has 0 aliphatic carbocycles. The summed E-state index contributed by atoms with van der Waals surface area (Å²) in [6.07, 6.45) is 0.478. The van der Waals surface area contributed by atoms with E-state index < -0.39 is 0 Å². The Kier molecular flexibility index (Phi) is 5.15. The lowest BCUT2D eigenvalue weighted by atomic mass is 10.0. The number of aliphatic hydroxyl groups excluding tert-OH is 1. The molecule has 2 rings (SSSR count). The number of carbonyl (C=O) groups excluding carboxylic acids is 1. The third-order valence-corrected chi connectivity index (χ3v) is 4.07. The summed E-state index contributed by atoms with van der Waals surface area (Å²) >= 11 is 0. The van der Waals surface area contributed by atoms with Crippen LogP contribution in [0, 0.1) is 0 Å². The minimum atomic E-state index is -0.284. The Morgan fingerprint density at radius 2 is 2.10 bits per heavy atom. The summed E-state index contributed by atoms with van der Waals surface area (Å²) < 4.78 is 0. The fraction of sp³-hybridized carbons (Fsp3) is 0.562. The maximum atomic E-state index is 12.1. The van der Waals surface area contributed by atoms with E-state index in [1.807, 2.05) is 30.0 Å². The van der Waals surface area contributed by atoms with E-state index in [2.05, 4.69) is 24.4 Å². The van der Waals surface area contributed by atoms with Crippen molar-refractivity contribution in [1.29, 1.82) is 0 Å². The molecule has 0 spiro atoms. The molecular weight excluding hydrogens is 252 g/mol. The maximum absolute atomic E-state index is 12.1. The average molecular weight is 276 g/mol. The molecule has 1 aromatic carbocycles. The van der Waals surface area contributed by atoms with Crippen LogP contribution in [0.5, 0.6) is 0 Å². The van der Waals surface area contributed by atoms with Gasteiger partial charge in [0.2, 0.25) is 5.91 Å². The van der Waals surface area contributed by atoms with Gasteiger partial charge in [-0.25, -0.2) is 0 Å². The molecule has 0 radical (unpaired) electrons. The molecule has 0 bridgehead atoms. The Hall–Kier alpha value is -1.39. The van der Waals surface area contributed by atoms with Crippen LogP contribution in [0.1, 0.15) is 31.7 Å². The first-order valence-electron chi connectivity index (χ1n) is 7.32. The fourth-order valence-electron chi connectivity index (χ4n) is 2.59. The van der Waals surface area contributed by atoms with Gasteiger partial charge in [-0.2, -0.15) is 0 Å². The fourth-order valence-corrected chi connectivity index (χ4v) is 2.59. The Morgan fingerprint density at radius 1 is 1.40 bits per heavy atom. The molecule has 1 fully saturated rings. The van der Waals surface area contributed by atoms with Gasteiger partial charge in [-0.3, -0.25) is 9.69 Å². The molecule has 0 aromatic heterocycles. The van der Waals surface area contributed by atoms with Gasteiger partial charge in [0.15, 0.2) is 0 Å². The van der Waals surface area contributed by atoms with E-state index in [-0.39, 0.29) is 18.1 Å². The number of hydrogen-bond donors (Lipinski definition) is 2. The Bertz CT molecular complexity index is 435. The lowest BCUT2D eigenvalue weighted by Crippen LogP contribution is -2.45. The highest BCUT2D eigenvalue weighted by Gasteiger charge is 2.28. The molecule has 1 aliphatic heterocycles. The van der Waals surface area contributed by atoms with Gasteiger partial charge in [0.25, 0.3) is 0 Å². The standard InChI is InChI=1S/C16H24N2O2/c1-12(14-6-4-3-5-7-14)10-17-16(20)13(2)18-9-8-15(19)11-18/h3-7,12-13,15,19H,8-11H2,1-2H3,(H,17,20)/t12-,13+,15-/m1/s1. The van der Waals surface area contributed by atoms with Crippen LogP contribution in [0.4, 0.5) is 0 Å². The quantitative estimate of drug-likeness (QED) is 0.854. The number of nitrogens with one attached hydrogen (secondary N) is 1. The lowest BCUT2D eigenvalue weighted by Gasteiger charge is -2.23. The zero-order chi connectivity index (χ0) is 14.5. The van der Waals surface area contributed by atoms with Crippen LogP contribution in [-0.4, -0.2) is 47.7 Å². The summed E-state index contributed by atoms with van der Waals surface area (Å²) in [6.45, 7) is 6.05. The topological polar surface area (TPSA) is 52.6 Å². The van der Waals surface area contributed by atoms with Crippen molar-refractivity contribution in [2.75, 3.05) is 19.6 Å². The average Bonchev–Trinajstić information content (AvgIpc) is 2.91. The SMILES string of the molecule is C[C@H](CNC(=O)[C@H](C)N1CC[C@@H](O)C1)c1ccccc1. The molecule has 4 nitrogen and oxygen atoms in total. The Balaban J connectivity index is 1.80. The number of carbonyl (C=O) groups is 1. The molecule has 1 heterocycles. The van der Waals surface area contributed by atoms with Crippen molar-refractivity contribution >= 4 is 5.91 Å². The van der Waals surface area contributed by atoms with Crippen molar-refractivity contribution in [1.82, 2.24) is 10.2 Å². The zero-order valence-corrected chi connectivity index (χ0v) is 12.2. The molecule has 1 amide bonds. The molecule has 1 aliphatic rings. The van der Waals surface area contributed by atoms with Crippen molar-refractivity contribution < 1.29 is 9.90 Å². The van der Waals surface area contributed by atoms with Crippen molar-refractivity contribution in [3.63, 3.8) is 0 Å². The van der Waals surface area contributed by atoms with Crippen molar-refractivity contribution in [3.8, 4) is 0 Å². The van der Waals surface area contributed by atoms with Crippen LogP contribution in [0.2, 0.25) is 0 Å². The van der Waals surface area contributed by atoms with Gasteiger partial charge in [0.1, 0.15) is 0 Å². The van der Waals surface area contributed by atoms with Gasteiger partial charge in [-0.1, -0.05) is 37.3 Å². The molecular formula is C16H24N2O2. The molecule has 3 atom stereocenters. The highest BCUT2D eigenvalue weighted by Crippen LogP contribution is 2.15. The molecule has 1 aromatic rings. The van der Waals surface area contributed by atoms with E-state index in [9.17, 15) is 9.90 Å². The van der Waals surface area contributed by atoms with Crippen LogP contribution in [-0.2, 0) is 4.79 Å². The monoisotopic (exact) mass is 276 g/mol. The van der Waals surface area contributed by atoms with Crippen molar-refractivity contribution in [3.05, 3.63) is 35.9 Å². The second-order valence-electron chi connectivity index (χ2n) is 5.67. The smallest absolute Gasteiger partial charge is 0.237 e. The number of aliphatic hydroxyl groups is 1. The summed E-state index contributed by atoms with van der Waals surface area (Å²) in [5, 5.41) is 12.5. The molecule has 0 unspecified atom stereocenters. The first kappa shape index (κ1) is 15.0. The predicted octanol–water partition coefficient (Wildman–Crippen LogP) is 1.36. The number of β-amino-alcohol motifs (C(OH)–C–C–N with tert-alkyl or cyclic N) is 1. The number of benzene rings is 1. The van der Waals surface area contributed by atoms with Gasteiger partial charge in [0.05, 0.1) is 12.1 Å². The molecule has 2 N–H and O–H groups in total. The largest absolute Gasteiger partial charge is 0.392 e. The summed E-state index contributed by atoms with van der Waals surface area (Å²) in [5.41, 5.74) is 1.23. The number of likely N-dealkylation sites (tertiary alicyclic amines) is 1. The third kappa shape index (κ3) is 3.81. The normalized spacial score (nSPS) is 22.4. The van der Waals surface area contributed by atoms with E-state index in [4.69, 9.17) is 0 Å². The van der Waals surface area contributed by atoms with E-state index in [1.54, 1.807) is 0 Å². The molecule has 1 saturated heterocycles. The predicted molar refractivity (Wildman–Crippen MR) is 79.5 cm³/mol. The maximum Gasteiger partial charge on any atom is 0.237 e. The van der Waals surface area contributed by atoms with E-state index in [0.29, 0.717) is 19.0 Å². The second-order valence-corrected chi connectivity index (χ2v) is 5.67. The lowest BCUT2D eigenvalue weighted by molar-refractivity contribution is -0.125. The second kappa shape index (κ2) is 6.86. The van der Waals surface area contributed by atoms with Crippen LogP contribution in [0.3, 0.4) is 0 Å². The van der Waals surface area contributed by atoms with Gasteiger partial charge in [-0.05, 0) is 24.8 Å². The molecule has 0 saturated carbocycles. The first-order chi connectivity index (χ1) is 9.58. The van der Waals surface area contributed by atoms with Gasteiger partial charge < -0.3 is 10.4 Å². The van der Waals surface area contributed by atoms with E-state index in [1.165, 1.54) is 5.56 Å². The molecule has 20 heavy (non-hydrogen) atoms. The summed E-state index contributed by atoms with van der Waals surface area (Å²) in [6, 6.07) is 10.0. The number of rotatable bonds is 5. The molecule has 4 heteroatoms. The zero-order valence-electron chi connectivity index (χ0n) is 12.2. The van der Waals surface area contributed by atoms with Crippen molar-refractivity contribution in [2.45, 2.75) is 38.3 Å². The minimum Gasteiger partial charge on any atom is -0.392 e. The summed E-state index contributed by atoms with van der Waals surface area (Å²) in [4.78, 5) is 14.2. The van der Waals surface area contributed by atoms with Crippen LogP contribution in [0.15, 0.2) is 30.3 Å². The van der Waals surface area contributed by atoms with Crippen molar-refractivity contribution in [2.24, 2.45) is 0 Å². The Labute approximate surface area is 120 Å². The number of hydrogen-bond acceptors (Lipinski definition) is 3. The van der Waals surface area contributed by atoms with Crippen LogP contribution < -0.4 is 5.32 Å². The van der Waals surface area contributed by atoms with Gasteiger partial charge >= 0.3 is 0 Å². The minimum absolute atomic E-state index is 0.0434. The first-order valence-corrected chi connectivity index (χ1v) is 7.32. The Morgan fingerprint density at radius 3 is 2.70 bits per heavy atom. The van der Waals surface area contributed by atoms with Gasteiger partial charge in [0, 0.05) is 19.6 Å². The highest BCUT2D eigenvalue weighted by atomic mass is 16.3. The van der Waals surface area contributed by atoms with Crippen LogP contribution >= 0.6 is 0 Å². The third-order valence-electron chi connectivity index (χ3n) is 4.07. The number of nitrogens with zero attached hydrogens (tertiary/aromatic N) is 1. The van der Waals surface area contributed by atoms with E-state index >= 15 is 0 Å². The highest BCUT2D eigenvalue weighted by molar-refractivity contribution is 5.81. The summed E-state index contributed by atoms with van der Waals surface area (Å²) in [5.74, 6) is 0.346. The number of amides is 1. The van der Waals surface area contributed by atoms with Gasteiger partial charge in [-0.15, -0.1) is 0 Å².